The Balaban J connectivity index is 1.61. The molecule has 1 aliphatic rings. The second-order valence-corrected chi connectivity index (χ2v) is 8.42. The molecule has 0 radical (unpaired) electrons. The highest BCUT2D eigenvalue weighted by atomic mass is 16.1. The zero-order valence-corrected chi connectivity index (χ0v) is 17.3. The molecule has 144 valence electrons. The maximum Gasteiger partial charge on any atom is 0.160 e. The van der Waals surface area contributed by atoms with Gasteiger partial charge in [0.25, 0.3) is 0 Å². The summed E-state index contributed by atoms with van der Waals surface area (Å²) in [5, 5.41) is 0. The molecule has 1 aliphatic carbocycles. The third-order valence-electron chi connectivity index (χ3n) is 6.38. The van der Waals surface area contributed by atoms with Gasteiger partial charge < -0.3 is 0 Å². The molecule has 3 rings (SSSR count). The van der Waals surface area contributed by atoms with Crippen LogP contribution < -0.4 is 0 Å². The first kappa shape index (κ1) is 19.9. The number of unbranched alkanes of at least 4 members (excludes halogenated alkanes) is 2. The summed E-state index contributed by atoms with van der Waals surface area (Å²) in [4.78, 5) is 11.6. The third kappa shape index (κ3) is 5.09. The highest BCUT2D eigenvalue weighted by Gasteiger charge is 2.22. The number of benzene rings is 2. The van der Waals surface area contributed by atoms with Gasteiger partial charge in [-0.25, -0.2) is 0 Å². The van der Waals surface area contributed by atoms with E-state index < -0.39 is 0 Å². The van der Waals surface area contributed by atoms with Crippen molar-refractivity contribution in [2.45, 2.75) is 78.1 Å². The fourth-order valence-corrected chi connectivity index (χ4v) is 4.65. The van der Waals surface area contributed by atoms with Crippen molar-refractivity contribution < 1.29 is 4.79 Å². The summed E-state index contributed by atoms with van der Waals surface area (Å²) in [6, 6.07) is 15.3. The summed E-state index contributed by atoms with van der Waals surface area (Å²) in [6.45, 7) is 5.95. The lowest BCUT2D eigenvalue weighted by atomic mass is 9.77. The average molecular weight is 363 g/mol. The van der Waals surface area contributed by atoms with E-state index in [1.165, 1.54) is 68.1 Å². The highest BCUT2D eigenvalue weighted by Crippen LogP contribution is 2.38. The smallest absolute Gasteiger partial charge is 0.160 e. The molecule has 0 saturated heterocycles. The van der Waals surface area contributed by atoms with Crippen molar-refractivity contribution in [1.29, 1.82) is 0 Å². The maximum absolute atomic E-state index is 11.6. The number of carbonyl (C=O) groups is 1. The standard InChI is InChI=1S/C26H34O/c1-4-5-6-7-21-8-10-22(11-9-21)23-12-14-24(15-13-23)25-16-17-26(20(3)27)19(2)18-25/h12-18,21-22H,4-11H2,1-3H3. The number of rotatable bonds is 7. The minimum absolute atomic E-state index is 0.139. The first-order valence-corrected chi connectivity index (χ1v) is 10.8. The minimum Gasteiger partial charge on any atom is -0.295 e. The molecule has 0 atom stereocenters. The first-order chi connectivity index (χ1) is 13.1. The molecule has 0 amide bonds. The van der Waals surface area contributed by atoms with E-state index in [9.17, 15) is 4.79 Å². The van der Waals surface area contributed by atoms with Crippen LogP contribution in [-0.4, -0.2) is 5.78 Å². The van der Waals surface area contributed by atoms with Crippen LogP contribution in [-0.2, 0) is 0 Å². The van der Waals surface area contributed by atoms with E-state index in [-0.39, 0.29) is 5.78 Å². The lowest BCUT2D eigenvalue weighted by Gasteiger charge is -2.29. The van der Waals surface area contributed by atoms with Crippen LogP contribution in [0.25, 0.3) is 11.1 Å². The molecule has 0 spiro atoms. The van der Waals surface area contributed by atoms with Crippen LogP contribution in [0.2, 0.25) is 0 Å². The highest BCUT2D eigenvalue weighted by molar-refractivity contribution is 5.96. The van der Waals surface area contributed by atoms with Gasteiger partial charge in [-0.1, -0.05) is 75.1 Å². The van der Waals surface area contributed by atoms with Crippen LogP contribution in [0.1, 0.15) is 92.6 Å². The second-order valence-electron chi connectivity index (χ2n) is 8.42. The van der Waals surface area contributed by atoms with Gasteiger partial charge in [0.2, 0.25) is 0 Å². The summed E-state index contributed by atoms with van der Waals surface area (Å²) in [6.07, 6.45) is 11.1. The van der Waals surface area contributed by atoms with Crippen LogP contribution in [0.3, 0.4) is 0 Å². The molecule has 0 N–H and O–H groups in total. The van der Waals surface area contributed by atoms with E-state index >= 15 is 0 Å². The summed E-state index contributed by atoms with van der Waals surface area (Å²) >= 11 is 0. The Labute approximate surface area is 165 Å². The Morgan fingerprint density at radius 2 is 1.59 bits per heavy atom. The van der Waals surface area contributed by atoms with Gasteiger partial charge in [-0.15, -0.1) is 0 Å². The number of aryl methyl sites for hydroxylation is 1. The average Bonchev–Trinajstić information content (AvgIpc) is 2.68. The number of Topliss-reactive ketones (excluding diaryl/α,β-unsaturated/α-hetero) is 1. The van der Waals surface area contributed by atoms with Gasteiger partial charge in [-0.3, -0.25) is 4.79 Å². The molecule has 0 heterocycles. The Kier molecular flexibility index (Phi) is 6.88. The largest absolute Gasteiger partial charge is 0.295 e. The predicted molar refractivity (Wildman–Crippen MR) is 115 cm³/mol. The lowest BCUT2D eigenvalue weighted by Crippen LogP contribution is -2.13. The molecular formula is C26H34O. The van der Waals surface area contributed by atoms with Gasteiger partial charge in [0, 0.05) is 5.56 Å². The van der Waals surface area contributed by atoms with Crippen LogP contribution in [0, 0.1) is 12.8 Å². The molecule has 0 unspecified atom stereocenters. The summed E-state index contributed by atoms with van der Waals surface area (Å²) in [5.41, 5.74) is 5.83. The maximum atomic E-state index is 11.6. The van der Waals surface area contributed by atoms with Crippen molar-refractivity contribution in [2.24, 2.45) is 5.92 Å². The molecule has 1 heteroatoms. The normalized spacial score (nSPS) is 19.8. The van der Waals surface area contributed by atoms with Crippen LogP contribution in [0.5, 0.6) is 0 Å². The monoisotopic (exact) mass is 362 g/mol. The number of hydrogen-bond acceptors (Lipinski definition) is 1. The van der Waals surface area contributed by atoms with Crippen LogP contribution >= 0.6 is 0 Å². The molecule has 27 heavy (non-hydrogen) atoms. The van der Waals surface area contributed by atoms with Crippen molar-refractivity contribution in [1.82, 2.24) is 0 Å². The van der Waals surface area contributed by atoms with Crippen LogP contribution in [0.15, 0.2) is 42.5 Å². The Bertz CT molecular complexity index is 748. The fourth-order valence-electron chi connectivity index (χ4n) is 4.65. The molecule has 1 fully saturated rings. The van der Waals surface area contributed by atoms with Crippen molar-refractivity contribution in [3.05, 3.63) is 59.2 Å². The Morgan fingerprint density at radius 1 is 0.926 bits per heavy atom. The quantitative estimate of drug-likeness (QED) is 0.364. The summed E-state index contributed by atoms with van der Waals surface area (Å²) < 4.78 is 0. The van der Waals surface area contributed by atoms with Crippen molar-refractivity contribution in [3.63, 3.8) is 0 Å². The minimum atomic E-state index is 0.139. The van der Waals surface area contributed by atoms with Gasteiger partial charge in [0.1, 0.15) is 0 Å². The van der Waals surface area contributed by atoms with E-state index in [4.69, 9.17) is 0 Å². The zero-order chi connectivity index (χ0) is 19.2. The molecule has 1 nitrogen and oxygen atoms in total. The molecule has 2 aromatic rings. The molecule has 2 aromatic carbocycles. The predicted octanol–water partition coefficient (Wildman–Crippen LogP) is 7.72. The molecule has 0 aromatic heterocycles. The van der Waals surface area contributed by atoms with Crippen molar-refractivity contribution in [3.8, 4) is 11.1 Å². The number of carbonyl (C=O) groups excluding carboxylic acids is 1. The number of ketones is 1. The molecule has 0 bridgehead atoms. The van der Waals surface area contributed by atoms with E-state index in [0.717, 1.165) is 23.0 Å². The van der Waals surface area contributed by atoms with Gasteiger partial charge >= 0.3 is 0 Å². The summed E-state index contributed by atoms with van der Waals surface area (Å²) in [7, 11) is 0. The van der Waals surface area contributed by atoms with E-state index in [0.29, 0.717) is 0 Å². The van der Waals surface area contributed by atoms with Crippen molar-refractivity contribution in [2.75, 3.05) is 0 Å². The zero-order valence-electron chi connectivity index (χ0n) is 17.3. The first-order valence-electron chi connectivity index (χ1n) is 10.8. The number of hydrogen-bond donors (Lipinski definition) is 0. The Hall–Kier alpha value is -1.89. The van der Waals surface area contributed by atoms with E-state index in [1.54, 1.807) is 6.92 Å². The molecule has 1 saturated carbocycles. The molecule has 0 aliphatic heterocycles. The van der Waals surface area contributed by atoms with E-state index in [1.807, 2.05) is 13.0 Å². The fraction of sp³-hybridized carbons (Fsp3) is 0.500. The SMILES string of the molecule is CCCCCC1CCC(c2ccc(-c3ccc(C(C)=O)c(C)c3)cc2)CC1. The van der Waals surface area contributed by atoms with Gasteiger partial charge in [0.15, 0.2) is 5.78 Å². The summed E-state index contributed by atoms with van der Waals surface area (Å²) in [5.74, 6) is 1.85. The topological polar surface area (TPSA) is 17.1 Å². The van der Waals surface area contributed by atoms with Gasteiger partial charge in [-0.05, 0) is 73.6 Å². The van der Waals surface area contributed by atoms with Crippen LogP contribution in [0.4, 0.5) is 0 Å². The third-order valence-corrected chi connectivity index (χ3v) is 6.38. The Morgan fingerprint density at radius 3 is 2.19 bits per heavy atom. The van der Waals surface area contributed by atoms with E-state index in [2.05, 4.69) is 43.3 Å². The molecular weight excluding hydrogens is 328 g/mol. The second kappa shape index (κ2) is 9.35. The lowest BCUT2D eigenvalue weighted by molar-refractivity contribution is 0.101. The van der Waals surface area contributed by atoms with Crippen molar-refractivity contribution >= 4 is 5.78 Å². The van der Waals surface area contributed by atoms with Gasteiger partial charge in [-0.2, -0.15) is 0 Å². The van der Waals surface area contributed by atoms with Gasteiger partial charge in [0.05, 0.1) is 0 Å².